The van der Waals surface area contributed by atoms with E-state index in [9.17, 15) is 10.1 Å². The summed E-state index contributed by atoms with van der Waals surface area (Å²) in [5.41, 5.74) is 2.10. The van der Waals surface area contributed by atoms with Gasteiger partial charge in [0.25, 0.3) is 0 Å². The number of rotatable bonds is 5. The van der Waals surface area contributed by atoms with E-state index in [2.05, 4.69) is 26.2 Å². The minimum absolute atomic E-state index is 0.0432. The summed E-state index contributed by atoms with van der Waals surface area (Å²) < 4.78 is 6.00. The summed E-state index contributed by atoms with van der Waals surface area (Å²) in [6, 6.07) is 13.0. The van der Waals surface area contributed by atoms with Crippen molar-refractivity contribution in [3.05, 3.63) is 68.8 Å². The number of anilines is 1. The molecule has 1 aromatic heterocycles. The quantitative estimate of drug-likeness (QED) is 0.514. The summed E-state index contributed by atoms with van der Waals surface area (Å²) in [5, 5.41) is 15.2. The fourth-order valence-corrected chi connectivity index (χ4v) is 2.76. The Kier molecular flexibility index (Phi) is 4.61. The number of pyridine rings is 1. The molecule has 6 nitrogen and oxygen atoms in total. The number of nitrogens with one attached hydrogen (secondary N) is 1. The number of aromatic nitrogens is 1. The Morgan fingerprint density at radius 3 is 2.67 bits per heavy atom. The number of methoxy groups -OCH3 is 1. The maximum Gasteiger partial charge on any atom is 0.311 e. The highest BCUT2D eigenvalue weighted by Crippen LogP contribution is 2.33. The first-order valence-electron chi connectivity index (χ1n) is 7.18. The molecule has 0 atom stereocenters. The van der Waals surface area contributed by atoms with Crippen LogP contribution in [-0.4, -0.2) is 17.0 Å². The lowest BCUT2D eigenvalue weighted by atomic mass is 10.1. The Hall–Kier alpha value is -2.67. The topological polar surface area (TPSA) is 77.3 Å². The van der Waals surface area contributed by atoms with E-state index in [0.29, 0.717) is 23.1 Å². The third kappa shape index (κ3) is 3.30. The van der Waals surface area contributed by atoms with Crippen molar-refractivity contribution in [2.24, 2.45) is 0 Å². The fraction of sp³-hybridized carbons (Fsp3) is 0.118. The van der Waals surface area contributed by atoms with Gasteiger partial charge in [0, 0.05) is 16.4 Å². The van der Waals surface area contributed by atoms with Crippen molar-refractivity contribution in [1.29, 1.82) is 0 Å². The molecule has 0 fully saturated rings. The average molecular weight is 388 g/mol. The van der Waals surface area contributed by atoms with E-state index in [0.717, 1.165) is 15.8 Å². The monoisotopic (exact) mass is 387 g/mol. The number of nitrogens with zero attached hydrogens (tertiary/aromatic N) is 2. The molecule has 2 aromatic carbocycles. The Labute approximate surface area is 146 Å². The first-order chi connectivity index (χ1) is 11.6. The molecule has 0 unspecified atom stereocenters. The number of fused-ring (bicyclic) bond motifs is 1. The zero-order valence-electron chi connectivity index (χ0n) is 12.8. The predicted octanol–water partition coefficient (Wildman–Crippen LogP) is 4.53. The van der Waals surface area contributed by atoms with Gasteiger partial charge in [-0.05, 0) is 35.9 Å². The van der Waals surface area contributed by atoms with E-state index in [1.807, 2.05) is 42.5 Å². The van der Waals surface area contributed by atoms with Crippen molar-refractivity contribution in [2.75, 3.05) is 12.4 Å². The van der Waals surface area contributed by atoms with Gasteiger partial charge in [-0.25, -0.2) is 4.98 Å². The van der Waals surface area contributed by atoms with Crippen LogP contribution in [0.4, 0.5) is 11.4 Å². The van der Waals surface area contributed by atoms with Crippen LogP contribution >= 0.6 is 15.9 Å². The van der Waals surface area contributed by atoms with Gasteiger partial charge in [0.05, 0.1) is 17.5 Å². The molecule has 7 heteroatoms. The molecule has 0 radical (unpaired) electrons. The number of hydrogen-bond acceptors (Lipinski definition) is 5. The molecule has 0 spiro atoms. The number of ether oxygens (including phenoxy) is 1. The van der Waals surface area contributed by atoms with Gasteiger partial charge < -0.3 is 10.1 Å². The lowest BCUT2D eigenvalue weighted by Crippen LogP contribution is -2.04. The largest absolute Gasteiger partial charge is 0.497 e. The van der Waals surface area contributed by atoms with Crippen LogP contribution in [0.3, 0.4) is 0 Å². The number of benzene rings is 2. The summed E-state index contributed by atoms with van der Waals surface area (Å²) in [4.78, 5) is 15.1. The van der Waals surface area contributed by atoms with Gasteiger partial charge >= 0.3 is 5.69 Å². The highest BCUT2D eigenvalue weighted by molar-refractivity contribution is 9.10. The second kappa shape index (κ2) is 6.84. The predicted molar refractivity (Wildman–Crippen MR) is 96.4 cm³/mol. The summed E-state index contributed by atoms with van der Waals surface area (Å²) in [6.07, 6.45) is 1.28. The molecule has 0 aliphatic heterocycles. The van der Waals surface area contributed by atoms with E-state index in [4.69, 9.17) is 4.74 Å². The van der Waals surface area contributed by atoms with Gasteiger partial charge in [-0.3, -0.25) is 10.1 Å². The third-order valence-electron chi connectivity index (χ3n) is 3.64. The molecule has 1 heterocycles. The molecule has 0 saturated heterocycles. The van der Waals surface area contributed by atoms with Crippen molar-refractivity contribution in [1.82, 2.24) is 4.98 Å². The van der Waals surface area contributed by atoms with Crippen molar-refractivity contribution in [2.45, 2.75) is 6.54 Å². The molecule has 0 amide bonds. The first kappa shape index (κ1) is 16.2. The standard InChI is InChI=1S/C17H14BrN3O3/c1-24-13-5-2-11(3-6-13)9-20-17-14-7-4-12(18)8-15(14)19-10-16(17)21(22)23/h2-8,10H,9H2,1H3,(H,19,20). The molecule has 0 bridgehead atoms. The van der Waals surface area contributed by atoms with Crippen molar-refractivity contribution in [3.8, 4) is 5.75 Å². The maximum atomic E-state index is 11.3. The Bertz CT molecular complexity index is 897. The summed E-state index contributed by atoms with van der Waals surface area (Å²) >= 11 is 3.39. The van der Waals surface area contributed by atoms with E-state index in [-0.39, 0.29) is 5.69 Å². The van der Waals surface area contributed by atoms with Gasteiger partial charge in [0.2, 0.25) is 0 Å². The van der Waals surface area contributed by atoms with Crippen LogP contribution < -0.4 is 10.1 Å². The maximum absolute atomic E-state index is 11.3. The van der Waals surface area contributed by atoms with Crippen LogP contribution in [0.5, 0.6) is 5.75 Å². The number of halogens is 1. The molecule has 0 aliphatic rings. The van der Waals surface area contributed by atoms with Gasteiger partial charge in [-0.2, -0.15) is 0 Å². The van der Waals surface area contributed by atoms with Gasteiger partial charge in [0.1, 0.15) is 17.6 Å². The van der Waals surface area contributed by atoms with Crippen LogP contribution in [-0.2, 0) is 6.54 Å². The SMILES string of the molecule is COc1ccc(CNc2c([N+](=O)[O-])cnc3cc(Br)ccc23)cc1. The molecule has 0 aliphatic carbocycles. The van der Waals surface area contributed by atoms with Crippen LogP contribution in [0.25, 0.3) is 10.9 Å². The van der Waals surface area contributed by atoms with Gasteiger partial charge in [-0.15, -0.1) is 0 Å². The van der Waals surface area contributed by atoms with E-state index >= 15 is 0 Å². The molecule has 122 valence electrons. The molecular weight excluding hydrogens is 374 g/mol. The third-order valence-corrected chi connectivity index (χ3v) is 4.13. The van der Waals surface area contributed by atoms with E-state index in [1.54, 1.807) is 7.11 Å². The van der Waals surface area contributed by atoms with Crippen LogP contribution in [0, 0.1) is 10.1 Å². The zero-order chi connectivity index (χ0) is 17.1. The zero-order valence-corrected chi connectivity index (χ0v) is 14.4. The summed E-state index contributed by atoms with van der Waals surface area (Å²) in [6.45, 7) is 0.458. The molecule has 1 N–H and O–H groups in total. The normalized spacial score (nSPS) is 10.6. The second-order valence-electron chi connectivity index (χ2n) is 5.14. The summed E-state index contributed by atoms with van der Waals surface area (Å²) in [7, 11) is 1.61. The molecular formula is C17H14BrN3O3. The van der Waals surface area contributed by atoms with Crippen LogP contribution in [0.2, 0.25) is 0 Å². The Morgan fingerprint density at radius 1 is 1.25 bits per heavy atom. The minimum Gasteiger partial charge on any atom is -0.497 e. The Morgan fingerprint density at radius 2 is 2.00 bits per heavy atom. The first-order valence-corrected chi connectivity index (χ1v) is 7.97. The average Bonchev–Trinajstić information content (AvgIpc) is 2.59. The second-order valence-corrected chi connectivity index (χ2v) is 6.05. The highest BCUT2D eigenvalue weighted by Gasteiger charge is 2.18. The molecule has 24 heavy (non-hydrogen) atoms. The van der Waals surface area contributed by atoms with Gasteiger partial charge in [-0.1, -0.05) is 28.1 Å². The minimum atomic E-state index is -0.426. The fourth-order valence-electron chi connectivity index (χ4n) is 2.41. The lowest BCUT2D eigenvalue weighted by Gasteiger charge is -2.11. The molecule has 3 aromatic rings. The summed E-state index contributed by atoms with van der Waals surface area (Å²) in [5.74, 6) is 0.768. The van der Waals surface area contributed by atoms with Gasteiger partial charge in [0.15, 0.2) is 0 Å². The Balaban J connectivity index is 1.96. The van der Waals surface area contributed by atoms with Crippen molar-refractivity contribution in [3.63, 3.8) is 0 Å². The van der Waals surface area contributed by atoms with E-state index in [1.165, 1.54) is 6.20 Å². The number of nitro groups is 1. The number of hydrogen-bond donors (Lipinski definition) is 1. The highest BCUT2D eigenvalue weighted by atomic mass is 79.9. The molecule has 0 saturated carbocycles. The smallest absolute Gasteiger partial charge is 0.311 e. The van der Waals surface area contributed by atoms with Crippen LogP contribution in [0.1, 0.15) is 5.56 Å². The lowest BCUT2D eigenvalue weighted by molar-refractivity contribution is -0.384. The molecule has 3 rings (SSSR count). The van der Waals surface area contributed by atoms with Crippen molar-refractivity contribution < 1.29 is 9.66 Å². The van der Waals surface area contributed by atoms with E-state index < -0.39 is 4.92 Å². The van der Waals surface area contributed by atoms with Crippen LogP contribution in [0.15, 0.2) is 53.1 Å². The van der Waals surface area contributed by atoms with Crippen molar-refractivity contribution >= 4 is 38.2 Å².